The summed E-state index contributed by atoms with van der Waals surface area (Å²) in [5.41, 5.74) is 2.99. The smallest absolute Gasteiger partial charge is 0.263 e. The molecule has 12 nitrogen and oxygen atoms in total. The Morgan fingerprint density at radius 1 is 0.889 bits per heavy atom. The molecule has 0 radical (unpaired) electrons. The maximum atomic E-state index is 12.9. The van der Waals surface area contributed by atoms with E-state index in [1.807, 2.05) is 60.0 Å². The minimum absolute atomic E-state index is 0.0248. The average molecular weight is 646 g/mol. The van der Waals surface area contributed by atoms with Crippen molar-refractivity contribution in [1.82, 2.24) is 24.7 Å². The second kappa shape index (κ2) is 13.8. The summed E-state index contributed by atoms with van der Waals surface area (Å²) in [5.74, 6) is 2.32. The van der Waals surface area contributed by atoms with Gasteiger partial charge in [0.15, 0.2) is 11.0 Å². The predicted molar refractivity (Wildman–Crippen MR) is 172 cm³/mol. The van der Waals surface area contributed by atoms with Gasteiger partial charge in [-0.2, -0.15) is 0 Å². The Hall–Kier alpha value is -4.95. The number of carbonyl (C=O) groups is 1. The summed E-state index contributed by atoms with van der Waals surface area (Å²) < 4.78 is 41.2. The molecule has 1 amide bonds. The van der Waals surface area contributed by atoms with Crippen LogP contribution in [0.3, 0.4) is 0 Å². The molecule has 0 bridgehead atoms. The van der Waals surface area contributed by atoms with Crippen LogP contribution >= 0.6 is 11.8 Å². The van der Waals surface area contributed by atoms with E-state index in [9.17, 15) is 13.2 Å². The van der Waals surface area contributed by atoms with Crippen LogP contribution in [0.25, 0.3) is 5.69 Å². The zero-order valence-corrected chi connectivity index (χ0v) is 26.6. The first kappa shape index (κ1) is 31.5. The van der Waals surface area contributed by atoms with E-state index in [0.29, 0.717) is 39.7 Å². The van der Waals surface area contributed by atoms with E-state index >= 15 is 0 Å². The summed E-state index contributed by atoms with van der Waals surface area (Å²) in [5, 5.41) is 12.0. The van der Waals surface area contributed by atoms with E-state index in [4.69, 9.17) is 9.47 Å². The van der Waals surface area contributed by atoms with E-state index in [0.717, 1.165) is 11.3 Å². The van der Waals surface area contributed by atoms with Crippen molar-refractivity contribution in [3.63, 3.8) is 0 Å². The number of hydrogen-bond donors (Lipinski definition) is 2. The van der Waals surface area contributed by atoms with Gasteiger partial charge in [0.05, 0.1) is 17.8 Å². The second-order valence-corrected chi connectivity index (χ2v) is 12.6. The molecule has 5 aromatic rings. The first-order valence-corrected chi connectivity index (χ1v) is 16.2. The van der Waals surface area contributed by atoms with Crippen LogP contribution in [0.15, 0.2) is 88.9 Å². The van der Waals surface area contributed by atoms with Crippen LogP contribution in [0.5, 0.6) is 11.5 Å². The highest BCUT2D eigenvalue weighted by atomic mass is 32.2. The van der Waals surface area contributed by atoms with Crippen molar-refractivity contribution in [3.8, 4) is 17.2 Å². The molecular weight excluding hydrogens is 615 g/mol. The lowest BCUT2D eigenvalue weighted by atomic mass is 10.2. The van der Waals surface area contributed by atoms with Gasteiger partial charge in [-0.25, -0.2) is 18.4 Å². The molecule has 5 rings (SSSR count). The standard InChI is InChI=1S/C31H31N7O5S2/c1-20-5-11-26(12-6-20)43-18-29-35-36-31(38(29)24-9-13-25(42-4)14-10-24)44-19-30(39)34-23-7-15-27(16-8-23)45(40,41)37-28-17-21(2)32-22(3)33-28/h5-17H,18-19H2,1-4H3,(H,34,39)(H,32,33,37). The largest absolute Gasteiger partial charge is 0.497 e. The lowest BCUT2D eigenvalue weighted by molar-refractivity contribution is -0.113. The zero-order chi connectivity index (χ0) is 32.0. The van der Waals surface area contributed by atoms with Crippen LogP contribution in [0, 0.1) is 20.8 Å². The topological polar surface area (TPSA) is 150 Å². The summed E-state index contributed by atoms with van der Waals surface area (Å²) in [6.07, 6.45) is 0. The molecule has 0 aliphatic carbocycles. The maximum absolute atomic E-state index is 12.9. The summed E-state index contributed by atoms with van der Waals surface area (Å²) in [6, 6.07) is 22.5. The number of anilines is 2. The SMILES string of the molecule is COc1ccc(-n2c(COc3ccc(C)cc3)nnc2SCC(=O)Nc2ccc(S(=O)(=O)Nc3cc(C)nc(C)n3)cc2)cc1. The fourth-order valence-corrected chi connectivity index (χ4v) is 6.03. The molecule has 2 heterocycles. The highest BCUT2D eigenvalue weighted by molar-refractivity contribution is 7.99. The summed E-state index contributed by atoms with van der Waals surface area (Å²) in [6.45, 7) is 5.61. The predicted octanol–water partition coefficient (Wildman–Crippen LogP) is 5.10. The molecule has 0 aliphatic rings. The molecule has 3 aromatic carbocycles. The molecule has 45 heavy (non-hydrogen) atoms. The van der Waals surface area contributed by atoms with Gasteiger partial charge < -0.3 is 14.8 Å². The number of aromatic nitrogens is 5. The lowest BCUT2D eigenvalue weighted by Crippen LogP contribution is -2.16. The molecule has 0 saturated carbocycles. The lowest BCUT2D eigenvalue weighted by Gasteiger charge is -2.12. The van der Waals surface area contributed by atoms with Gasteiger partial charge in [0.25, 0.3) is 10.0 Å². The Labute approximate surface area is 265 Å². The van der Waals surface area contributed by atoms with Crippen molar-refractivity contribution in [2.45, 2.75) is 37.4 Å². The first-order chi connectivity index (χ1) is 21.6. The van der Waals surface area contributed by atoms with Crippen molar-refractivity contribution < 1.29 is 22.7 Å². The maximum Gasteiger partial charge on any atom is 0.263 e. The number of ether oxygens (including phenoxy) is 2. The first-order valence-electron chi connectivity index (χ1n) is 13.8. The van der Waals surface area contributed by atoms with Gasteiger partial charge in [0.1, 0.15) is 29.7 Å². The van der Waals surface area contributed by atoms with E-state index in [1.54, 1.807) is 27.0 Å². The zero-order valence-electron chi connectivity index (χ0n) is 25.0. The summed E-state index contributed by atoms with van der Waals surface area (Å²) in [4.78, 5) is 21.2. The number of sulfonamides is 1. The Morgan fingerprint density at radius 3 is 2.24 bits per heavy atom. The number of benzene rings is 3. The van der Waals surface area contributed by atoms with Gasteiger partial charge in [-0.15, -0.1) is 10.2 Å². The van der Waals surface area contributed by atoms with Gasteiger partial charge in [-0.3, -0.25) is 14.1 Å². The van der Waals surface area contributed by atoms with Gasteiger partial charge in [-0.1, -0.05) is 29.5 Å². The van der Waals surface area contributed by atoms with E-state index < -0.39 is 10.0 Å². The minimum Gasteiger partial charge on any atom is -0.497 e. The number of carbonyl (C=O) groups excluding carboxylic acids is 1. The number of nitrogens with zero attached hydrogens (tertiary/aromatic N) is 5. The fraction of sp³-hybridized carbons (Fsp3) is 0.194. The average Bonchev–Trinajstić information content (AvgIpc) is 3.42. The van der Waals surface area contributed by atoms with Gasteiger partial charge in [-0.05, 0) is 81.4 Å². The quantitative estimate of drug-likeness (QED) is 0.175. The Kier molecular flexibility index (Phi) is 9.64. The molecule has 0 aliphatic heterocycles. The van der Waals surface area contributed by atoms with Crippen molar-refractivity contribution >= 4 is 39.2 Å². The van der Waals surface area contributed by atoms with Crippen LogP contribution in [-0.4, -0.2) is 51.9 Å². The number of thioether (sulfide) groups is 1. The van der Waals surface area contributed by atoms with Gasteiger partial charge >= 0.3 is 0 Å². The molecule has 14 heteroatoms. The molecule has 0 unspecified atom stereocenters. The molecule has 232 valence electrons. The van der Waals surface area contributed by atoms with Crippen LogP contribution in [0.1, 0.15) is 22.9 Å². The third-order valence-corrected chi connectivity index (χ3v) is 8.71. The van der Waals surface area contributed by atoms with Crippen LogP contribution in [0.4, 0.5) is 11.5 Å². The molecule has 0 atom stereocenters. The number of aryl methyl sites for hydroxylation is 3. The van der Waals surface area contributed by atoms with Crippen molar-refractivity contribution in [2.75, 3.05) is 22.9 Å². The van der Waals surface area contributed by atoms with E-state index in [-0.39, 0.29) is 29.0 Å². The normalized spacial score (nSPS) is 11.2. The van der Waals surface area contributed by atoms with Gasteiger partial charge in [0, 0.05) is 23.1 Å². The van der Waals surface area contributed by atoms with Crippen LogP contribution in [-0.2, 0) is 21.4 Å². The summed E-state index contributed by atoms with van der Waals surface area (Å²) in [7, 11) is -2.29. The van der Waals surface area contributed by atoms with E-state index in [1.165, 1.54) is 36.0 Å². The molecule has 2 N–H and O–H groups in total. The Balaban J connectivity index is 1.25. The fourth-order valence-electron chi connectivity index (χ4n) is 4.27. The summed E-state index contributed by atoms with van der Waals surface area (Å²) >= 11 is 1.21. The number of amides is 1. The minimum atomic E-state index is -3.89. The van der Waals surface area contributed by atoms with Crippen LogP contribution in [0.2, 0.25) is 0 Å². The van der Waals surface area contributed by atoms with E-state index in [2.05, 4.69) is 30.2 Å². The molecule has 0 fully saturated rings. The molecular formula is C31H31N7O5S2. The number of rotatable bonds is 12. The van der Waals surface area contributed by atoms with Crippen LogP contribution < -0.4 is 19.5 Å². The number of hydrogen-bond acceptors (Lipinski definition) is 10. The number of nitrogens with one attached hydrogen (secondary N) is 2. The molecule has 0 spiro atoms. The third-order valence-electron chi connectivity index (χ3n) is 6.41. The van der Waals surface area contributed by atoms with Crippen molar-refractivity contribution in [2.24, 2.45) is 0 Å². The third kappa shape index (κ3) is 8.16. The molecule has 2 aromatic heterocycles. The van der Waals surface area contributed by atoms with Crippen molar-refractivity contribution in [1.29, 1.82) is 0 Å². The highest BCUT2D eigenvalue weighted by Crippen LogP contribution is 2.25. The monoisotopic (exact) mass is 645 g/mol. The Bertz CT molecular complexity index is 1870. The number of methoxy groups -OCH3 is 1. The van der Waals surface area contributed by atoms with Crippen molar-refractivity contribution in [3.05, 3.63) is 102 Å². The Morgan fingerprint density at radius 2 is 1.58 bits per heavy atom. The molecule has 0 saturated heterocycles. The highest BCUT2D eigenvalue weighted by Gasteiger charge is 2.18. The second-order valence-electron chi connectivity index (χ2n) is 9.94. The van der Waals surface area contributed by atoms with Gasteiger partial charge in [0.2, 0.25) is 5.91 Å².